The van der Waals surface area contributed by atoms with E-state index >= 15 is 0 Å². The van der Waals surface area contributed by atoms with E-state index in [0.717, 1.165) is 0 Å². The fourth-order valence-electron chi connectivity index (χ4n) is 1.24. The summed E-state index contributed by atoms with van der Waals surface area (Å²) in [6, 6.07) is 4.66. The lowest BCUT2D eigenvalue weighted by Crippen LogP contribution is -2.32. The standard InChI is InChI=1S/C9H14N4O3S/c1-13(9(10)11)7-5-6(12-17(14)15)3-4-8(7)16-2/h3-5,12H,1-2H3,(H3,10,11)(H,14,15)/p-1. The molecule has 8 heteroatoms. The van der Waals surface area contributed by atoms with Crippen molar-refractivity contribution in [3.8, 4) is 5.75 Å². The van der Waals surface area contributed by atoms with Crippen molar-refractivity contribution in [2.45, 2.75) is 0 Å². The summed E-state index contributed by atoms with van der Waals surface area (Å²) in [4.78, 5) is 1.37. The number of nitrogens with one attached hydrogen (secondary N) is 2. The fourth-order valence-corrected chi connectivity index (χ4v) is 1.56. The second-order valence-electron chi connectivity index (χ2n) is 3.17. The summed E-state index contributed by atoms with van der Waals surface area (Å²) in [5.41, 5.74) is 6.21. The second kappa shape index (κ2) is 5.51. The van der Waals surface area contributed by atoms with Crippen LogP contribution in [0.2, 0.25) is 0 Å². The van der Waals surface area contributed by atoms with Crippen LogP contribution in [0.5, 0.6) is 5.75 Å². The number of methoxy groups -OCH3 is 1. The van der Waals surface area contributed by atoms with Gasteiger partial charge in [0, 0.05) is 24.0 Å². The number of nitrogens with zero attached hydrogens (tertiary/aromatic N) is 1. The Morgan fingerprint density at radius 1 is 1.65 bits per heavy atom. The Labute approximate surface area is 101 Å². The third kappa shape index (κ3) is 3.33. The van der Waals surface area contributed by atoms with E-state index < -0.39 is 11.3 Å². The Morgan fingerprint density at radius 3 is 2.76 bits per heavy atom. The average Bonchev–Trinajstić information content (AvgIpc) is 2.27. The van der Waals surface area contributed by atoms with Crippen LogP contribution in [0.25, 0.3) is 0 Å². The first kappa shape index (κ1) is 13.3. The molecule has 1 aromatic rings. The van der Waals surface area contributed by atoms with Gasteiger partial charge in [-0.15, -0.1) is 0 Å². The molecule has 0 aliphatic carbocycles. The van der Waals surface area contributed by atoms with E-state index in [-0.39, 0.29) is 5.96 Å². The zero-order chi connectivity index (χ0) is 13.0. The topological polar surface area (TPSA) is 114 Å². The van der Waals surface area contributed by atoms with Crippen molar-refractivity contribution in [1.29, 1.82) is 5.41 Å². The number of rotatable bonds is 4. The molecule has 7 nitrogen and oxygen atoms in total. The van der Waals surface area contributed by atoms with Crippen molar-refractivity contribution in [3.63, 3.8) is 0 Å². The van der Waals surface area contributed by atoms with Crippen LogP contribution in [0, 0.1) is 5.41 Å². The molecular weight excluding hydrogens is 244 g/mol. The van der Waals surface area contributed by atoms with Crippen LogP contribution in [-0.4, -0.2) is 28.9 Å². The van der Waals surface area contributed by atoms with E-state index in [4.69, 9.17) is 15.9 Å². The highest BCUT2D eigenvalue weighted by atomic mass is 32.2. The number of nitrogens with two attached hydrogens (primary N) is 1. The molecular formula is C9H13N4O3S-. The van der Waals surface area contributed by atoms with Gasteiger partial charge in [-0.25, -0.2) is 0 Å². The molecule has 0 aromatic heterocycles. The molecule has 0 spiro atoms. The third-order valence-corrected chi connectivity index (χ3v) is 2.51. The predicted octanol–water partition coefficient (Wildman–Crippen LogP) is 0.231. The van der Waals surface area contributed by atoms with Gasteiger partial charge in [-0.3, -0.25) is 9.62 Å². The van der Waals surface area contributed by atoms with Gasteiger partial charge >= 0.3 is 0 Å². The molecule has 1 unspecified atom stereocenters. The number of hydrogen-bond donors (Lipinski definition) is 3. The monoisotopic (exact) mass is 257 g/mol. The van der Waals surface area contributed by atoms with Gasteiger partial charge in [0.25, 0.3) is 0 Å². The molecule has 0 amide bonds. The SMILES string of the molecule is COc1ccc(NS(=O)[O-])cc1N(C)C(=N)N. The van der Waals surface area contributed by atoms with Crippen molar-refractivity contribution in [1.82, 2.24) is 0 Å². The van der Waals surface area contributed by atoms with E-state index in [1.807, 2.05) is 0 Å². The molecule has 0 aliphatic rings. The van der Waals surface area contributed by atoms with Gasteiger partial charge in [0.1, 0.15) is 5.75 Å². The lowest BCUT2D eigenvalue weighted by atomic mass is 10.2. The van der Waals surface area contributed by atoms with Crippen LogP contribution in [0.4, 0.5) is 11.4 Å². The molecule has 0 fully saturated rings. The average molecular weight is 257 g/mol. The minimum Gasteiger partial charge on any atom is -0.755 e. The first-order valence-electron chi connectivity index (χ1n) is 4.57. The minimum atomic E-state index is -2.40. The number of ether oxygens (including phenoxy) is 1. The van der Waals surface area contributed by atoms with Crippen LogP contribution < -0.4 is 20.1 Å². The van der Waals surface area contributed by atoms with E-state index in [1.165, 1.54) is 18.1 Å². The molecule has 0 heterocycles. The Hall–Kier alpha value is -1.80. The van der Waals surface area contributed by atoms with Crippen molar-refractivity contribution < 1.29 is 13.5 Å². The maximum Gasteiger partial charge on any atom is 0.192 e. The Kier molecular flexibility index (Phi) is 4.30. The van der Waals surface area contributed by atoms with Crippen molar-refractivity contribution in [3.05, 3.63) is 18.2 Å². The van der Waals surface area contributed by atoms with Gasteiger partial charge < -0.3 is 24.6 Å². The number of anilines is 2. The van der Waals surface area contributed by atoms with Gasteiger partial charge in [-0.2, -0.15) is 0 Å². The maximum absolute atomic E-state index is 10.5. The molecule has 0 aliphatic heterocycles. The first-order valence-corrected chi connectivity index (χ1v) is 5.65. The van der Waals surface area contributed by atoms with E-state index in [2.05, 4.69) is 4.72 Å². The van der Waals surface area contributed by atoms with Gasteiger partial charge in [-0.05, 0) is 18.2 Å². The predicted molar refractivity (Wildman–Crippen MR) is 65.9 cm³/mol. The summed E-state index contributed by atoms with van der Waals surface area (Å²) in [6.45, 7) is 0. The quantitative estimate of drug-likeness (QED) is 0.406. The summed E-state index contributed by atoms with van der Waals surface area (Å²) in [5.74, 6) is 0.314. The fraction of sp³-hybridized carbons (Fsp3) is 0.222. The zero-order valence-electron chi connectivity index (χ0n) is 9.39. The summed E-state index contributed by atoms with van der Waals surface area (Å²) < 4.78 is 28.3. The largest absolute Gasteiger partial charge is 0.755 e. The second-order valence-corrected chi connectivity index (χ2v) is 3.84. The molecule has 0 radical (unpaired) electrons. The lowest BCUT2D eigenvalue weighted by molar-refractivity contribution is 0.416. The maximum atomic E-state index is 10.5. The zero-order valence-corrected chi connectivity index (χ0v) is 10.2. The molecule has 0 saturated carbocycles. The van der Waals surface area contributed by atoms with Gasteiger partial charge in [0.15, 0.2) is 5.96 Å². The van der Waals surface area contributed by atoms with Gasteiger partial charge in [0.05, 0.1) is 12.8 Å². The lowest BCUT2D eigenvalue weighted by Gasteiger charge is -2.21. The first-order chi connectivity index (χ1) is 7.95. The van der Waals surface area contributed by atoms with E-state index in [9.17, 15) is 8.76 Å². The van der Waals surface area contributed by atoms with Crippen LogP contribution in [0.15, 0.2) is 18.2 Å². The Bertz CT molecular complexity index is 452. The van der Waals surface area contributed by atoms with Gasteiger partial charge in [-0.1, -0.05) is 0 Å². The molecule has 4 N–H and O–H groups in total. The highest BCUT2D eigenvalue weighted by Crippen LogP contribution is 2.30. The van der Waals surface area contributed by atoms with Crippen LogP contribution in [0.1, 0.15) is 0 Å². The minimum absolute atomic E-state index is 0.177. The highest BCUT2D eigenvalue weighted by Gasteiger charge is 2.11. The van der Waals surface area contributed by atoms with Crippen LogP contribution in [-0.2, 0) is 11.3 Å². The van der Waals surface area contributed by atoms with Gasteiger partial charge in [0.2, 0.25) is 0 Å². The highest BCUT2D eigenvalue weighted by molar-refractivity contribution is 7.80. The molecule has 94 valence electrons. The summed E-state index contributed by atoms with van der Waals surface area (Å²) in [7, 11) is 3.06. The number of benzene rings is 1. The van der Waals surface area contributed by atoms with Crippen molar-refractivity contribution in [2.75, 3.05) is 23.8 Å². The Balaban J connectivity index is 3.14. The third-order valence-electron chi connectivity index (χ3n) is 2.10. The van der Waals surface area contributed by atoms with Crippen LogP contribution >= 0.6 is 0 Å². The van der Waals surface area contributed by atoms with Crippen molar-refractivity contribution >= 4 is 28.6 Å². The summed E-state index contributed by atoms with van der Waals surface area (Å²) >= 11 is -2.40. The molecule has 17 heavy (non-hydrogen) atoms. The molecule has 0 bridgehead atoms. The number of hydrogen-bond acceptors (Lipinski definition) is 4. The van der Waals surface area contributed by atoms with Crippen molar-refractivity contribution in [2.24, 2.45) is 5.73 Å². The Morgan fingerprint density at radius 2 is 2.29 bits per heavy atom. The van der Waals surface area contributed by atoms with Crippen LogP contribution in [0.3, 0.4) is 0 Å². The van der Waals surface area contributed by atoms with E-state index in [0.29, 0.717) is 17.1 Å². The molecule has 1 aromatic carbocycles. The molecule has 1 rings (SSSR count). The smallest absolute Gasteiger partial charge is 0.192 e. The van der Waals surface area contributed by atoms with E-state index in [1.54, 1.807) is 19.2 Å². The summed E-state index contributed by atoms with van der Waals surface area (Å²) in [6.07, 6.45) is 0. The molecule has 0 saturated heterocycles. The summed E-state index contributed by atoms with van der Waals surface area (Å²) in [5, 5.41) is 7.33. The number of guanidine groups is 1. The normalized spacial score (nSPS) is 11.7. The molecule has 1 atom stereocenters.